The summed E-state index contributed by atoms with van der Waals surface area (Å²) in [5, 5.41) is 0. The molecule has 0 bridgehead atoms. The number of nitrogens with zero attached hydrogens (tertiary/aromatic N) is 4. The van der Waals surface area contributed by atoms with Crippen LogP contribution in [-0.2, 0) is 0 Å². The second kappa shape index (κ2) is 7.41. The Balaban J connectivity index is 3.08. The number of hydrogen-bond donors (Lipinski definition) is 0. The number of rotatable bonds is 6. The van der Waals surface area contributed by atoms with E-state index in [-0.39, 0.29) is 0 Å². The van der Waals surface area contributed by atoms with Gasteiger partial charge in [0.15, 0.2) is 5.75 Å². The minimum Gasteiger partial charge on any atom is -0.355 e. The molecule has 1 rings (SSSR count). The minimum atomic E-state index is -2.01. The van der Waals surface area contributed by atoms with Crippen LogP contribution in [0.25, 0.3) is 0 Å². The van der Waals surface area contributed by atoms with Crippen molar-refractivity contribution in [3.8, 4) is 5.75 Å². The lowest BCUT2D eigenvalue weighted by Crippen LogP contribution is -2.31. The monoisotopic (exact) mass is 312 g/mol. The molecule has 120 valence electrons. The molecule has 0 aromatic heterocycles. The molecule has 0 atom stereocenters. The van der Waals surface area contributed by atoms with Crippen molar-refractivity contribution in [2.45, 2.75) is 19.8 Å². The van der Waals surface area contributed by atoms with Crippen LogP contribution in [0.1, 0.15) is 25.3 Å². The maximum absolute atomic E-state index is 5.74. The average Bonchev–Trinajstić information content (AvgIpc) is 2.38. The Labute approximate surface area is 129 Å². The Morgan fingerprint density at radius 3 is 1.62 bits per heavy atom. The molecule has 0 fully saturated rings. The van der Waals surface area contributed by atoms with E-state index < -0.39 is 7.51 Å². The predicted octanol–water partition coefficient (Wildman–Crippen LogP) is 3.73. The maximum Gasteiger partial charge on any atom is 0.210 e. The summed E-state index contributed by atoms with van der Waals surface area (Å²) >= 11 is 0. The van der Waals surface area contributed by atoms with E-state index in [2.05, 4.69) is 44.9 Å². The fourth-order valence-corrected chi connectivity index (χ4v) is 5.10. The minimum absolute atomic E-state index is 0.521. The van der Waals surface area contributed by atoms with Gasteiger partial charge in [-0.2, -0.15) is 0 Å². The van der Waals surface area contributed by atoms with Gasteiger partial charge in [0.05, 0.1) is 0 Å². The molecule has 6 heteroatoms. The van der Waals surface area contributed by atoms with Gasteiger partial charge in [0, 0.05) is 0 Å². The first kappa shape index (κ1) is 18.2. The Morgan fingerprint density at radius 2 is 1.29 bits per heavy atom. The zero-order chi connectivity index (χ0) is 16.2. The molecular weight excluding hydrogens is 283 g/mol. The van der Waals surface area contributed by atoms with E-state index in [0.717, 1.165) is 5.75 Å². The maximum atomic E-state index is 5.74. The Bertz CT molecular complexity index is 466. The summed E-state index contributed by atoms with van der Waals surface area (Å²) in [6, 6.07) is 8.15. The third-order valence-electron chi connectivity index (χ3n) is 3.41. The van der Waals surface area contributed by atoms with Crippen LogP contribution in [0.15, 0.2) is 29.2 Å². The van der Waals surface area contributed by atoms with E-state index in [1.807, 2.05) is 54.4 Å². The summed E-state index contributed by atoms with van der Waals surface area (Å²) in [6.45, 7) is 4.36. The first-order valence-corrected chi connectivity index (χ1v) is 8.73. The van der Waals surface area contributed by atoms with Crippen LogP contribution in [0.4, 0.5) is 0 Å². The quantitative estimate of drug-likeness (QED) is 0.591. The topological polar surface area (TPSA) is 31.3 Å². The lowest BCUT2D eigenvalue weighted by molar-refractivity contribution is 0.324. The van der Waals surface area contributed by atoms with Gasteiger partial charge in [0.25, 0.3) is 0 Å². The van der Waals surface area contributed by atoms with E-state index in [1.54, 1.807) is 0 Å². The highest BCUT2D eigenvalue weighted by atomic mass is 31.2. The molecule has 0 N–H and O–H groups in total. The van der Waals surface area contributed by atoms with Crippen molar-refractivity contribution in [1.82, 2.24) is 14.0 Å². The summed E-state index contributed by atoms with van der Waals surface area (Å²) in [6.07, 6.45) is 0. The van der Waals surface area contributed by atoms with Crippen molar-refractivity contribution in [2.75, 3.05) is 42.3 Å². The summed E-state index contributed by atoms with van der Waals surface area (Å²) < 4.78 is 6.36. The van der Waals surface area contributed by atoms with Gasteiger partial charge >= 0.3 is 0 Å². The van der Waals surface area contributed by atoms with Crippen molar-refractivity contribution in [2.24, 2.45) is 4.91 Å². The van der Waals surface area contributed by atoms with Gasteiger partial charge in [0.2, 0.25) is 7.51 Å². The molecule has 0 aliphatic heterocycles. The molecular formula is C15H29N4OP. The zero-order valence-electron chi connectivity index (χ0n) is 14.5. The van der Waals surface area contributed by atoms with Crippen LogP contribution < -0.4 is 4.84 Å². The van der Waals surface area contributed by atoms with E-state index in [1.165, 1.54) is 5.56 Å². The second-order valence-electron chi connectivity index (χ2n) is 5.97. The lowest BCUT2D eigenvalue weighted by Gasteiger charge is -2.39. The Kier molecular flexibility index (Phi) is 6.41. The van der Waals surface area contributed by atoms with Crippen molar-refractivity contribution >= 4 is 7.51 Å². The van der Waals surface area contributed by atoms with Crippen molar-refractivity contribution < 1.29 is 4.84 Å². The third-order valence-corrected chi connectivity index (χ3v) is 6.93. The van der Waals surface area contributed by atoms with Crippen LogP contribution in [0.2, 0.25) is 0 Å². The molecule has 0 radical (unpaired) electrons. The normalized spacial score (nSPS) is 12.6. The second-order valence-corrected chi connectivity index (χ2v) is 9.61. The number of benzene rings is 1. The first-order valence-electron chi connectivity index (χ1n) is 7.13. The van der Waals surface area contributed by atoms with Crippen LogP contribution in [0.3, 0.4) is 0 Å². The van der Waals surface area contributed by atoms with Crippen molar-refractivity contribution in [1.29, 1.82) is 0 Å². The first-order chi connectivity index (χ1) is 9.71. The van der Waals surface area contributed by atoms with Gasteiger partial charge in [-0.05, 0) is 65.9 Å². The van der Waals surface area contributed by atoms with Gasteiger partial charge in [-0.25, -0.2) is 14.0 Å². The summed E-state index contributed by atoms with van der Waals surface area (Å²) in [5.41, 5.74) is 1.30. The summed E-state index contributed by atoms with van der Waals surface area (Å²) in [4.78, 5) is 10.3. The Hall–Kier alpha value is -0.870. The van der Waals surface area contributed by atoms with E-state index in [0.29, 0.717) is 5.92 Å². The molecule has 0 saturated carbocycles. The molecule has 0 heterocycles. The molecule has 0 spiro atoms. The highest BCUT2D eigenvalue weighted by Gasteiger charge is 2.29. The van der Waals surface area contributed by atoms with Gasteiger partial charge in [0.1, 0.15) is 0 Å². The van der Waals surface area contributed by atoms with Crippen LogP contribution >= 0.6 is 7.51 Å². The van der Waals surface area contributed by atoms with Gasteiger partial charge in [-0.3, -0.25) is 0 Å². The van der Waals surface area contributed by atoms with Gasteiger partial charge < -0.3 is 4.84 Å². The fraction of sp³-hybridized carbons (Fsp3) is 0.600. The smallest absolute Gasteiger partial charge is 0.210 e. The van der Waals surface area contributed by atoms with Crippen LogP contribution in [0.5, 0.6) is 5.75 Å². The standard InChI is InChI=1S/C15H29N4OP/c1-13(2)14-9-11-15(12-10-14)20-16-21(17(3)4,18(5)6)19(7)8/h9-13H,1-8H3. The fourth-order valence-electron chi connectivity index (χ4n) is 2.31. The van der Waals surface area contributed by atoms with E-state index in [9.17, 15) is 0 Å². The largest absolute Gasteiger partial charge is 0.355 e. The average molecular weight is 312 g/mol. The molecule has 1 aromatic rings. The molecule has 21 heavy (non-hydrogen) atoms. The van der Waals surface area contributed by atoms with Crippen molar-refractivity contribution in [3.05, 3.63) is 29.8 Å². The highest BCUT2D eigenvalue weighted by molar-refractivity contribution is 7.58. The molecule has 0 saturated heterocycles. The SMILES string of the molecule is CC(C)c1ccc(ON=P(N(C)C)(N(C)C)N(C)C)cc1. The molecule has 0 amide bonds. The third kappa shape index (κ3) is 4.07. The number of hydrogen-bond acceptors (Lipinski definition) is 2. The molecule has 0 aliphatic rings. The van der Waals surface area contributed by atoms with Crippen LogP contribution in [-0.4, -0.2) is 56.3 Å². The zero-order valence-corrected chi connectivity index (χ0v) is 15.4. The molecule has 5 nitrogen and oxygen atoms in total. The lowest BCUT2D eigenvalue weighted by atomic mass is 10.0. The van der Waals surface area contributed by atoms with Crippen molar-refractivity contribution in [3.63, 3.8) is 0 Å². The van der Waals surface area contributed by atoms with Crippen LogP contribution in [0, 0.1) is 0 Å². The predicted molar refractivity (Wildman–Crippen MR) is 91.6 cm³/mol. The van der Waals surface area contributed by atoms with E-state index >= 15 is 0 Å². The summed E-state index contributed by atoms with van der Waals surface area (Å²) in [7, 11) is 10.2. The van der Waals surface area contributed by atoms with Gasteiger partial charge in [-0.1, -0.05) is 30.9 Å². The highest BCUT2D eigenvalue weighted by Crippen LogP contribution is 2.54. The molecule has 1 aromatic carbocycles. The van der Waals surface area contributed by atoms with E-state index in [4.69, 9.17) is 4.84 Å². The molecule has 0 aliphatic carbocycles. The Morgan fingerprint density at radius 1 is 0.857 bits per heavy atom. The van der Waals surface area contributed by atoms with Gasteiger partial charge in [-0.15, -0.1) is 0 Å². The molecule has 0 unspecified atom stereocenters. The summed E-state index contributed by atoms with van der Waals surface area (Å²) in [5.74, 6) is 1.29.